The standard InChI is InChI=1S/C22H30N4S.C3H9N/c1-15(24-19-14-23-17-10-8-16(19)9-11-17)21-18-6-2-3-7-20(22(18)27-25-21)26-12-4-5-13-26;1-4(2)3/h2-3,7,16-17,19,23-24H,1,4-6,8-14H2;1-3H3/t16?,17?,19-;/m1./s1. The van der Waals surface area contributed by atoms with Gasteiger partial charge in [0.2, 0.25) is 0 Å². The third-order valence-corrected chi connectivity index (χ3v) is 7.70. The van der Waals surface area contributed by atoms with Crippen molar-refractivity contribution in [1.82, 2.24) is 24.8 Å². The molecule has 0 unspecified atom stereocenters. The summed E-state index contributed by atoms with van der Waals surface area (Å²) in [4.78, 5) is 5.88. The van der Waals surface area contributed by atoms with Crippen molar-refractivity contribution in [3.05, 3.63) is 40.9 Å². The van der Waals surface area contributed by atoms with Crippen LogP contribution in [0.4, 0.5) is 0 Å². The van der Waals surface area contributed by atoms with Crippen molar-refractivity contribution in [2.24, 2.45) is 5.92 Å². The number of hydrogen-bond donors (Lipinski definition) is 2. The summed E-state index contributed by atoms with van der Waals surface area (Å²) >= 11 is 1.65. The van der Waals surface area contributed by atoms with Gasteiger partial charge in [0, 0.05) is 37.3 Å². The van der Waals surface area contributed by atoms with Gasteiger partial charge in [0.1, 0.15) is 5.69 Å². The van der Waals surface area contributed by atoms with E-state index < -0.39 is 0 Å². The van der Waals surface area contributed by atoms with E-state index in [0.29, 0.717) is 6.04 Å². The van der Waals surface area contributed by atoms with Crippen molar-refractivity contribution in [1.29, 1.82) is 0 Å². The predicted octanol–water partition coefficient (Wildman–Crippen LogP) is 3.96. The van der Waals surface area contributed by atoms with Crippen molar-refractivity contribution >= 4 is 22.9 Å². The Morgan fingerprint density at radius 2 is 1.90 bits per heavy atom. The topological polar surface area (TPSA) is 43.4 Å². The number of allylic oxidation sites excluding steroid dienone is 3. The molecule has 3 aliphatic heterocycles. The van der Waals surface area contributed by atoms with Gasteiger partial charge in [-0.15, -0.1) is 0 Å². The van der Waals surface area contributed by atoms with Crippen LogP contribution in [0.2, 0.25) is 0 Å². The predicted molar refractivity (Wildman–Crippen MR) is 133 cm³/mol. The molecular weight excluding hydrogens is 402 g/mol. The molecule has 1 aromatic heterocycles. The van der Waals surface area contributed by atoms with Gasteiger partial charge in [0.25, 0.3) is 0 Å². The van der Waals surface area contributed by atoms with Crippen LogP contribution in [-0.2, 0) is 6.42 Å². The molecule has 3 saturated heterocycles. The van der Waals surface area contributed by atoms with Crippen LogP contribution in [0.5, 0.6) is 0 Å². The van der Waals surface area contributed by atoms with E-state index in [1.807, 2.05) is 26.0 Å². The summed E-state index contributed by atoms with van der Waals surface area (Å²) in [6.07, 6.45) is 15.6. The number of rotatable bonds is 4. The Hall–Kier alpha value is -1.63. The van der Waals surface area contributed by atoms with Crippen molar-refractivity contribution in [3.8, 4) is 0 Å². The first-order valence-corrected chi connectivity index (χ1v) is 12.7. The Kier molecular flexibility index (Phi) is 7.51. The fourth-order valence-corrected chi connectivity index (χ4v) is 6.20. The van der Waals surface area contributed by atoms with E-state index >= 15 is 0 Å². The van der Waals surface area contributed by atoms with Crippen LogP contribution in [0.25, 0.3) is 11.4 Å². The van der Waals surface area contributed by atoms with Gasteiger partial charge in [-0.05, 0) is 89.6 Å². The van der Waals surface area contributed by atoms with Gasteiger partial charge in [-0.3, -0.25) is 0 Å². The molecule has 0 radical (unpaired) electrons. The summed E-state index contributed by atoms with van der Waals surface area (Å²) in [5, 5.41) is 7.52. The van der Waals surface area contributed by atoms with Gasteiger partial charge in [0.05, 0.1) is 16.3 Å². The smallest absolute Gasteiger partial charge is 0.104 e. The highest BCUT2D eigenvalue weighted by molar-refractivity contribution is 7.07. The molecule has 2 bridgehead atoms. The molecular formula is C25H39N5S. The fraction of sp³-hybridized carbons (Fsp3) is 0.640. The lowest BCUT2D eigenvalue weighted by atomic mass is 9.84. The summed E-state index contributed by atoms with van der Waals surface area (Å²) in [7, 11) is 6.00. The largest absolute Gasteiger partial charge is 0.379 e. The molecule has 5 aliphatic rings. The van der Waals surface area contributed by atoms with Crippen LogP contribution < -0.4 is 10.6 Å². The Labute approximate surface area is 192 Å². The quantitative estimate of drug-likeness (QED) is 0.740. The monoisotopic (exact) mass is 441 g/mol. The van der Waals surface area contributed by atoms with Gasteiger partial charge < -0.3 is 20.4 Å². The number of nitrogens with zero attached hydrogens (tertiary/aromatic N) is 3. The summed E-state index contributed by atoms with van der Waals surface area (Å²) < 4.78 is 4.87. The lowest BCUT2D eigenvalue weighted by Gasteiger charge is -2.28. The maximum absolute atomic E-state index is 4.87. The molecule has 2 aliphatic carbocycles. The van der Waals surface area contributed by atoms with E-state index in [1.54, 1.807) is 11.5 Å². The van der Waals surface area contributed by atoms with E-state index in [-0.39, 0.29) is 0 Å². The molecule has 1 saturated carbocycles. The Balaban J connectivity index is 0.000000535. The van der Waals surface area contributed by atoms with Gasteiger partial charge in [-0.1, -0.05) is 18.7 Å². The van der Waals surface area contributed by atoms with E-state index in [0.717, 1.165) is 36.3 Å². The Bertz CT molecular complexity index is 807. The van der Waals surface area contributed by atoms with Crippen LogP contribution in [0.1, 0.15) is 54.7 Å². The van der Waals surface area contributed by atoms with Crippen LogP contribution in [0.3, 0.4) is 0 Å². The van der Waals surface area contributed by atoms with Gasteiger partial charge in [-0.25, -0.2) is 0 Å². The van der Waals surface area contributed by atoms with Crippen LogP contribution in [0.15, 0.2) is 24.8 Å². The van der Waals surface area contributed by atoms with Crippen LogP contribution >= 0.6 is 11.5 Å². The highest BCUT2D eigenvalue weighted by Crippen LogP contribution is 2.36. The summed E-state index contributed by atoms with van der Waals surface area (Å²) in [5.74, 6) is 0.769. The molecule has 4 heterocycles. The molecule has 2 N–H and O–H groups in total. The number of hydrogen-bond acceptors (Lipinski definition) is 6. The minimum atomic E-state index is 0.484. The average Bonchev–Trinajstić information content (AvgIpc) is 3.28. The van der Waals surface area contributed by atoms with E-state index in [4.69, 9.17) is 4.37 Å². The number of fused-ring (bicyclic) bond motifs is 5. The normalized spacial score (nSPS) is 27.2. The fourth-order valence-electron chi connectivity index (χ4n) is 5.21. The average molecular weight is 442 g/mol. The van der Waals surface area contributed by atoms with Gasteiger partial charge in [-0.2, -0.15) is 4.37 Å². The van der Waals surface area contributed by atoms with Crippen molar-refractivity contribution in [3.63, 3.8) is 0 Å². The second-order valence-corrected chi connectivity index (χ2v) is 10.6. The highest BCUT2D eigenvalue weighted by Gasteiger charge is 2.33. The molecule has 5 nitrogen and oxygen atoms in total. The Morgan fingerprint density at radius 3 is 2.61 bits per heavy atom. The van der Waals surface area contributed by atoms with Gasteiger partial charge >= 0.3 is 0 Å². The molecule has 0 amide bonds. The molecule has 0 spiro atoms. The molecule has 4 fully saturated rings. The number of aromatic nitrogens is 1. The third kappa shape index (κ3) is 5.41. The molecule has 6 heteroatoms. The van der Waals surface area contributed by atoms with Crippen molar-refractivity contribution in [2.75, 3.05) is 40.8 Å². The lowest BCUT2D eigenvalue weighted by Crippen LogP contribution is -2.40. The lowest BCUT2D eigenvalue weighted by molar-refractivity contribution is 0.312. The number of likely N-dealkylation sites (tertiary alicyclic amines) is 1. The summed E-state index contributed by atoms with van der Waals surface area (Å²) in [6.45, 7) is 7.81. The molecule has 1 atom stereocenters. The second-order valence-electron chi connectivity index (χ2n) is 9.81. The van der Waals surface area contributed by atoms with Crippen LogP contribution in [-0.4, -0.2) is 67.0 Å². The minimum absolute atomic E-state index is 0.484. The minimum Gasteiger partial charge on any atom is -0.379 e. The summed E-state index contributed by atoms with van der Waals surface area (Å²) in [5.41, 5.74) is 4.82. The van der Waals surface area contributed by atoms with E-state index in [9.17, 15) is 0 Å². The molecule has 1 aromatic rings. The van der Waals surface area contributed by atoms with Gasteiger partial charge in [0.15, 0.2) is 0 Å². The second kappa shape index (κ2) is 10.3. The summed E-state index contributed by atoms with van der Waals surface area (Å²) in [6, 6.07) is 1.22. The zero-order chi connectivity index (χ0) is 21.8. The van der Waals surface area contributed by atoms with Crippen molar-refractivity contribution in [2.45, 2.75) is 57.0 Å². The Morgan fingerprint density at radius 1 is 1.19 bits per heavy atom. The maximum atomic E-state index is 4.87. The van der Waals surface area contributed by atoms with Crippen LogP contribution in [0, 0.1) is 5.92 Å². The zero-order valence-corrected chi connectivity index (χ0v) is 20.3. The third-order valence-electron chi connectivity index (χ3n) is 6.79. The first kappa shape index (κ1) is 22.6. The SMILES string of the molecule is C=C(N[C@@H]1CNC2CCC1CC2)c1nsc2c1CC=CC=C2N1CCCC1.CN(C)C. The zero-order valence-electron chi connectivity index (χ0n) is 19.5. The first-order chi connectivity index (χ1) is 15.0. The molecule has 0 aromatic carbocycles. The first-order valence-electron chi connectivity index (χ1n) is 11.9. The molecule has 170 valence electrons. The highest BCUT2D eigenvalue weighted by atomic mass is 32.1. The van der Waals surface area contributed by atoms with E-state index in [2.05, 4.69) is 40.3 Å². The molecule has 31 heavy (non-hydrogen) atoms. The number of nitrogens with one attached hydrogen (secondary N) is 2. The molecule has 6 rings (SSSR count). The van der Waals surface area contributed by atoms with E-state index in [1.165, 1.54) is 67.8 Å². The van der Waals surface area contributed by atoms with Crippen molar-refractivity contribution < 1.29 is 0 Å². The maximum Gasteiger partial charge on any atom is 0.104 e.